The maximum Gasteiger partial charge on any atom is 0.241 e. The Labute approximate surface area is 131 Å². The summed E-state index contributed by atoms with van der Waals surface area (Å²) in [7, 11) is 0. The highest BCUT2D eigenvalue weighted by molar-refractivity contribution is 5.83. The number of hydrogen-bond donors (Lipinski definition) is 2. The van der Waals surface area contributed by atoms with Gasteiger partial charge in [0, 0.05) is 6.54 Å². The topological polar surface area (TPSA) is 90.4 Å². The van der Waals surface area contributed by atoms with Gasteiger partial charge in [-0.05, 0) is 68.6 Å². The zero-order valence-electron chi connectivity index (χ0n) is 13.0. The fraction of sp³-hybridized carbons (Fsp3) is 0.882. The Bertz CT molecular complexity index is 527. The van der Waals surface area contributed by atoms with E-state index in [0.717, 1.165) is 38.5 Å². The summed E-state index contributed by atoms with van der Waals surface area (Å²) in [6, 6.07) is 1.36. The third-order valence-electron chi connectivity index (χ3n) is 6.69. The summed E-state index contributed by atoms with van der Waals surface area (Å²) in [5.41, 5.74) is 5.63. The lowest BCUT2D eigenvalue weighted by molar-refractivity contribution is -0.177. The van der Waals surface area contributed by atoms with Gasteiger partial charge in [-0.2, -0.15) is 5.26 Å². The molecule has 1 heterocycles. The number of carbonyl (C=O) groups excluding carboxylic acids is 1. The van der Waals surface area contributed by atoms with E-state index in [-0.39, 0.29) is 17.4 Å². The van der Waals surface area contributed by atoms with Gasteiger partial charge in [0.15, 0.2) is 0 Å². The van der Waals surface area contributed by atoms with Gasteiger partial charge in [-0.1, -0.05) is 0 Å². The fourth-order valence-electron chi connectivity index (χ4n) is 6.25. The lowest BCUT2D eigenvalue weighted by Crippen LogP contribution is -2.64. The van der Waals surface area contributed by atoms with Crippen LogP contribution in [0.1, 0.15) is 51.4 Å². The van der Waals surface area contributed by atoms with Gasteiger partial charge < -0.3 is 15.7 Å². The molecule has 22 heavy (non-hydrogen) atoms. The van der Waals surface area contributed by atoms with Gasteiger partial charge in [0.05, 0.1) is 17.7 Å². The van der Waals surface area contributed by atoms with Crippen LogP contribution >= 0.6 is 0 Å². The van der Waals surface area contributed by atoms with Crippen LogP contribution in [0.15, 0.2) is 0 Å². The molecule has 4 saturated carbocycles. The van der Waals surface area contributed by atoms with Gasteiger partial charge in [0.1, 0.15) is 6.04 Å². The van der Waals surface area contributed by atoms with E-state index in [0.29, 0.717) is 24.8 Å². The van der Waals surface area contributed by atoms with Crippen molar-refractivity contribution in [3.63, 3.8) is 0 Å². The first kappa shape index (κ1) is 14.5. The molecule has 1 amide bonds. The molecule has 0 aromatic heterocycles. The zero-order valence-corrected chi connectivity index (χ0v) is 13.0. The normalized spacial score (nSPS) is 47.5. The van der Waals surface area contributed by atoms with Gasteiger partial charge in [0.25, 0.3) is 0 Å². The maximum atomic E-state index is 12.9. The molecular weight excluding hydrogens is 278 g/mol. The van der Waals surface area contributed by atoms with E-state index < -0.39 is 11.6 Å². The van der Waals surface area contributed by atoms with Gasteiger partial charge in [0.2, 0.25) is 5.91 Å². The average Bonchev–Trinajstić information content (AvgIpc) is 2.91. The summed E-state index contributed by atoms with van der Waals surface area (Å²) in [6.07, 6.45) is 7.23. The summed E-state index contributed by atoms with van der Waals surface area (Å²) in [4.78, 5) is 14.6. The predicted molar refractivity (Wildman–Crippen MR) is 80.4 cm³/mol. The molecule has 0 aromatic rings. The van der Waals surface area contributed by atoms with Crippen LogP contribution < -0.4 is 5.73 Å². The minimum Gasteiger partial charge on any atom is -0.390 e. The molecule has 120 valence electrons. The minimum absolute atomic E-state index is 0.0606. The standard InChI is InChI=1S/C17H25N3O2/c18-9-13-2-1-3-20(13)15(21)14(19)16-5-11-4-12(6-16)8-17(22,7-11)10-16/h11-14,22H,1-8,10,19H2/t11?,12?,13-,14+,16?,17?/m0/s1. The first-order valence-corrected chi connectivity index (χ1v) is 8.63. The summed E-state index contributed by atoms with van der Waals surface area (Å²) < 4.78 is 0. The van der Waals surface area contributed by atoms with E-state index in [4.69, 9.17) is 5.73 Å². The Balaban J connectivity index is 1.59. The van der Waals surface area contributed by atoms with Crippen molar-refractivity contribution in [1.29, 1.82) is 5.26 Å². The number of nitriles is 1. The Hall–Kier alpha value is -1.12. The molecule has 4 bridgehead atoms. The summed E-state index contributed by atoms with van der Waals surface area (Å²) in [5.74, 6) is 0.987. The predicted octanol–water partition coefficient (Wildman–Crippen LogP) is 1.16. The van der Waals surface area contributed by atoms with Crippen molar-refractivity contribution < 1.29 is 9.90 Å². The number of carbonyl (C=O) groups is 1. The van der Waals surface area contributed by atoms with E-state index in [2.05, 4.69) is 6.07 Å². The first-order chi connectivity index (χ1) is 10.4. The van der Waals surface area contributed by atoms with E-state index in [9.17, 15) is 15.2 Å². The lowest BCUT2D eigenvalue weighted by atomic mass is 9.46. The van der Waals surface area contributed by atoms with Crippen LogP contribution in [0.2, 0.25) is 0 Å². The molecule has 4 atom stereocenters. The van der Waals surface area contributed by atoms with E-state index in [1.807, 2.05) is 0 Å². The second kappa shape index (κ2) is 4.69. The van der Waals surface area contributed by atoms with E-state index in [1.165, 1.54) is 6.42 Å². The minimum atomic E-state index is -0.596. The Morgan fingerprint density at radius 1 is 1.32 bits per heavy atom. The van der Waals surface area contributed by atoms with Gasteiger partial charge in [-0.3, -0.25) is 4.79 Å². The summed E-state index contributed by atoms with van der Waals surface area (Å²) in [5, 5.41) is 20.0. The van der Waals surface area contributed by atoms with Gasteiger partial charge >= 0.3 is 0 Å². The highest BCUT2D eigenvalue weighted by Gasteiger charge is 2.60. The first-order valence-electron chi connectivity index (χ1n) is 8.63. The van der Waals surface area contributed by atoms with Crippen molar-refractivity contribution in [2.45, 2.75) is 69.1 Å². The highest BCUT2D eigenvalue weighted by atomic mass is 16.3. The number of nitrogens with two attached hydrogens (primary N) is 1. The number of aliphatic hydroxyl groups is 1. The summed E-state index contributed by atoms with van der Waals surface area (Å²) >= 11 is 0. The van der Waals surface area contributed by atoms with E-state index in [1.54, 1.807) is 4.90 Å². The van der Waals surface area contributed by atoms with Crippen molar-refractivity contribution in [2.75, 3.05) is 6.54 Å². The van der Waals surface area contributed by atoms with Crippen LogP contribution in [0.25, 0.3) is 0 Å². The van der Waals surface area contributed by atoms with Crippen LogP contribution in [0.5, 0.6) is 0 Å². The molecule has 5 heteroatoms. The average molecular weight is 303 g/mol. The Morgan fingerprint density at radius 3 is 2.59 bits per heavy atom. The second-order valence-electron chi connectivity index (χ2n) is 8.34. The quantitative estimate of drug-likeness (QED) is 0.801. The molecule has 5 nitrogen and oxygen atoms in total. The smallest absolute Gasteiger partial charge is 0.241 e. The molecule has 0 aromatic carbocycles. The number of hydrogen-bond acceptors (Lipinski definition) is 4. The van der Waals surface area contributed by atoms with Crippen LogP contribution in [-0.4, -0.2) is 40.1 Å². The van der Waals surface area contributed by atoms with Crippen LogP contribution in [-0.2, 0) is 4.79 Å². The van der Waals surface area contributed by atoms with Crippen LogP contribution in [0.4, 0.5) is 0 Å². The SMILES string of the molecule is N#C[C@@H]1CCCN1C(=O)[C@@H](N)C12CC3CC(CC(O)(C3)C1)C2. The van der Waals surface area contributed by atoms with E-state index >= 15 is 0 Å². The molecule has 4 aliphatic carbocycles. The van der Waals surface area contributed by atoms with Crippen molar-refractivity contribution in [3.8, 4) is 6.07 Å². The zero-order chi connectivity index (χ0) is 15.5. The van der Waals surface area contributed by atoms with Crippen molar-refractivity contribution >= 4 is 5.91 Å². The molecule has 5 aliphatic rings. The molecule has 3 N–H and O–H groups in total. The van der Waals surface area contributed by atoms with Crippen LogP contribution in [0.3, 0.4) is 0 Å². The Kier molecular flexibility index (Phi) is 3.08. The molecule has 5 fully saturated rings. The number of rotatable bonds is 2. The molecular formula is C17H25N3O2. The third-order valence-corrected chi connectivity index (χ3v) is 6.69. The van der Waals surface area contributed by atoms with Crippen LogP contribution in [0, 0.1) is 28.6 Å². The largest absolute Gasteiger partial charge is 0.390 e. The third kappa shape index (κ3) is 2.00. The van der Waals surface area contributed by atoms with Crippen molar-refractivity contribution in [1.82, 2.24) is 4.90 Å². The second-order valence-corrected chi connectivity index (χ2v) is 8.34. The fourth-order valence-corrected chi connectivity index (χ4v) is 6.25. The molecule has 0 spiro atoms. The highest BCUT2D eigenvalue weighted by Crippen LogP contribution is 2.62. The number of amides is 1. The molecule has 1 aliphatic heterocycles. The number of likely N-dealkylation sites (tertiary alicyclic amines) is 1. The van der Waals surface area contributed by atoms with Crippen molar-refractivity contribution in [3.05, 3.63) is 0 Å². The summed E-state index contributed by atoms with van der Waals surface area (Å²) in [6.45, 7) is 0.651. The monoisotopic (exact) mass is 303 g/mol. The van der Waals surface area contributed by atoms with Gasteiger partial charge in [-0.25, -0.2) is 0 Å². The molecule has 2 unspecified atom stereocenters. The molecule has 1 saturated heterocycles. The molecule has 5 rings (SSSR count). The van der Waals surface area contributed by atoms with Gasteiger partial charge in [-0.15, -0.1) is 0 Å². The molecule has 0 radical (unpaired) electrons. The lowest BCUT2D eigenvalue weighted by Gasteiger charge is -2.61. The Morgan fingerprint density at radius 2 is 2.00 bits per heavy atom. The number of nitrogens with zero attached hydrogens (tertiary/aromatic N) is 2. The maximum absolute atomic E-state index is 12.9. The van der Waals surface area contributed by atoms with Crippen molar-refractivity contribution in [2.24, 2.45) is 23.0 Å².